The van der Waals surface area contributed by atoms with Crippen LogP contribution in [0.15, 0.2) is 63.2 Å². The average Bonchev–Trinajstić information content (AvgIpc) is 2.30. The number of hydrogen-bond donors (Lipinski definition) is 0. The Balaban J connectivity index is 2.21. The molecule has 0 unspecified atom stereocenters. The summed E-state index contributed by atoms with van der Waals surface area (Å²) in [7, 11) is 0. The molecule has 0 bridgehead atoms. The quantitative estimate of drug-likeness (QED) is 0.652. The molecule has 0 fully saturated rings. The minimum Gasteiger partial charge on any atom is -0.151 e. The highest BCUT2D eigenvalue weighted by atomic mass is 79.9. The van der Waals surface area contributed by atoms with Crippen molar-refractivity contribution >= 4 is 38.9 Å². The van der Waals surface area contributed by atoms with Crippen molar-refractivity contribution in [1.82, 2.24) is 0 Å². The number of nitrogens with zero attached hydrogens (tertiary/aromatic N) is 2. The van der Waals surface area contributed by atoms with Gasteiger partial charge in [-0.05, 0) is 52.3 Å². The molecule has 0 heterocycles. The Morgan fingerprint density at radius 2 is 1.56 bits per heavy atom. The summed E-state index contributed by atoms with van der Waals surface area (Å²) in [6, 6.07) is 14.9. The lowest BCUT2D eigenvalue weighted by molar-refractivity contribution is 1.22. The van der Waals surface area contributed by atoms with Crippen molar-refractivity contribution in [1.29, 1.82) is 0 Å². The van der Waals surface area contributed by atoms with Crippen molar-refractivity contribution in [2.75, 3.05) is 0 Å². The van der Waals surface area contributed by atoms with Crippen LogP contribution < -0.4 is 0 Å². The molecule has 0 aromatic heterocycles. The highest BCUT2D eigenvalue weighted by molar-refractivity contribution is 9.10. The van der Waals surface area contributed by atoms with E-state index in [4.69, 9.17) is 11.6 Å². The molecule has 0 aliphatic carbocycles. The second-order valence-electron chi connectivity index (χ2n) is 3.13. The fraction of sp³-hybridized carbons (Fsp3) is 0. The lowest BCUT2D eigenvalue weighted by Gasteiger charge is -1.95. The van der Waals surface area contributed by atoms with Crippen LogP contribution in [0.2, 0.25) is 5.02 Å². The molecule has 0 saturated heterocycles. The van der Waals surface area contributed by atoms with Gasteiger partial charge in [0, 0.05) is 9.50 Å². The maximum atomic E-state index is 5.77. The standard InChI is InChI=1S/C12H8BrClN2/c13-11-3-1-2-4-12(11)16-15-10-7-5-9(14)6-8-10/h1-8H. The fourth-order valence-electron chi connectivity index (χ4n) is 1.15. The van der Waals surface area contributed by atoms with E-state index in [1.807, 2.05) is 36.4 Å². The maximum Gasteiger partial charge on any atom is 0.0998 e. The van der Waals surface area contributed by atoms with Gasteiger partial charge in [-0.25, -0.2) is 0 Å². The summed E-state index contributed by atoms with van der Waals surface area (Å²) < 4.78 is 0.924. The summed E-state index contributed by atoms with van der Waals surface area (Å²) in [4.78, 5) is 0. The summed E-state index contributed by atoms with van der Waals surface area (Å²) in [6.07, 6.45) is 0. The van der Waals surface area contributed by atoms with Crippen LogP contribution in [0, 0.1) is 0 Å². The normalized spacial score (nSPS) is 10.9. The van der Waals surface area contributed by atoms with Crippen LogP contribution in [-0.4, -0.2) is 0 Å². The first-order valence-corrected chi connectivity index (χ1v) is 5.84. The summed E-state index contributed by atoms with van der Waals surface area (Å²) >= 11 is 9.18. The van der Waals surface area contributed by atoms with Crippen LogP contribution in [0.1, 0.15) is 0 Å². The topological polar surface area (TPSA) is 24.7 Å². The summed E-state index contributed by atoms with van der Waals surface area (Å²) in [5.41, 5.74) is 1.58. The van der Waals surface area contributed by atoms with Crippen molar-refractivity contribution in [3.8, 4) is 0 Å². The largest absolute Gasteiger partial charge is 0.151 e. The smallest absolute Gasteiger partial charge is 0.0998 e. The molecule has 0 N–H and O–H groups in total. The van der Waals surface area contributed by atoms with Crippen molar-refractivity contribution in [2.24, 2.45) is 10.2 Å². The van der Waals surface area contributed by atoms with Crippen LogP contribution in [0.4, 0.5) is 11.4 Å². The van der Waals surface area contributed by atoms with Crippen LogP contribution in [-0.2, 0) is 0 Å². The second-order valence-corrected chi connectivity index (χ2v) is 4.42. The molecule has 0 saturated carbocycles. The number of rotatable bonds is 2. The Labute approximate surface area is 107 Å². The Kier molecular flexibility index (Phi) is 3.70. The van der Waals surface area contributed by atoms with Gasteiger partial charge in [-0.3, -0.25) is 0 Å². The van der Waals surface area contributed by atoms with Gasteiger partial charge in [0.1, 0.15) is 0 Å². The van der Waals surface area contributed by atoms with E-state index in [9.17, 15) is 0 Å². The van der Waals surface area contributed by atoms with E-state index in [0.717, 1.165) is 15.8 Å². The third-order valence-corrected chi connectivity index (χ3v) is 2.87. The van der Waals surface area contributed by atoms with Gasteiger partial charge < -0.3 is 0 Å². The van der Waals surface area contributed by atoms with Crippen LogP contribution >= 0.6 is 27.5 Å². The first-order chi connectivity index (χ1) is 7.75. The SMILES string of the molecule is Clc1ccc(N=Nc2ccccc2Br)cc1. The molecule has 0 aliphatic rings. The zero-order valence-electron chi connectivity index (χ0n) is 8.27. The third-order valence-electron chi connectivity index (χ3n) is 1.95. The van der Waals surface area contributed by atoms with Crippen LogP contribution in [0.3, 0.4) is 0 Å². The van der Waals surface area contributed by atoms with E-state index >= 15 is 0 Å². The van der Waals surface area contributed by atoms with Gasteiger partial charge >= 0.3 is 0 Å². The van der Waals surface area contributed by atoms with Gasteiger partial charge in [-0.1, -0.05) is 23.7 Å². The van der Waals surface area contributed by atoms with E-state index in [2.05, 4.69) is 26.2 Å². The van der Waals surface area contributed by atoms with E-state index in [1.54, 1.807) is 12.1 Å². The molecular weight excluding hydrogens is 288 g/mol. The maximum absolute atomic E-state index is 5.77. The summed E-state index contributed by atoms with van der Waals surface area (Å²) in [6.45, 7) is 0. The molecule has 0 atom stereocenters. The lowest BCUT2D eigenvalue weighted by Crippen LogP contribution is -1.67. The van der Waals surface area contributed by atoms with Crippen molar-refractivity contribution in [2.45, 2.75) is 0 Å². The molecule has 2 rings (SSSR count). The molecule has 0 amide bonds. The zero-order valence-corrected chi connectivity index (χ0v) is 10.6. The second kappa shape index (κ2) is 5.23. The van der Waals surface area contributed by atoms with Crippen LogP contribution in [0.5, 0.6) is 0 Å². The number of azo groups is 1. The van der Waals surface area contributed by atoms with Gasteiger partial charge in [-0.15, -0.1) is 5.11 Å². The van der Waals surface area contributed by atoms with Crippen molar-refractivity contribution in [3.05, 3.63) is 58.0 Å². The van der Waals surface area contributed by atoms with Gasteiger partial charge in [0.15, 0.2) is 0 Å². The summed E-state index contributed by atoms with van der Waals surface area (Å²) in [5, 5.41) is 8.95. The van der Waals surface area contributed by atoms with Gasteiger partial charge in [-0.2, -0.15) is 5.11 Å². The van der Waals surface area contributed by atoms with Crippen molar-refractivity contribution in [3.63, 3.8) is 0 Å². The van der Waals surface area contributed by atoms with Crippen LogP contribution in [0.25, 0.3) is 0 Å². The predicted molar refractivity (Wildman–Crippen MR) is 69.8 cm³/mol. The van der Waals surface area contributed by atoms with E-state index in [-0.39, 0.29) is 0 Å². The van der Waals surface area contributed by atoms with E-state index in [0.29, 0.717) is 5.02 Å². The van der Waals surface area contributed by atoms with E-state index < -0.39 is 0 Å². The highest BCUT2D eigenvalue weighted by Gasteiger charge is 1.95. The van der Waals surface area contributed by atoms with Gasteiger partial charge in [0.25, 0.3) is 0 Å². The minimum atomic E-state index is 0.694. The molecule has 80 valence electrons. The Bertz CT molecular complexity index is 509. The molecule has 2 aromatic carbocycles. The van der Waals surface area contributed by atoms with E-state index in [1.165, 1.54) is 0 Å². The first kappa shape index (κ1) is 11.3. The number of benzene rings is 2. The van der Waals surface area contributed by atoms with Crippen molar-refractivity contribution < 1.29 is 0 Å². The van der Waals surface area contributed by atoms with Gasteiger partial charge in [0.2, 0.25) is 0 Å². The number of halogens is 2. The predicted octanol–water partition coefficient (Wildman–Crippen LogP) is 5.52. The molecular formula is C12H8BrClN2. The summed E-state index contributed by atoms with van der Waals surface area (Å²) in [5.74, 6) is 0. The highest BCUT2D eigenvalue weighted by Crippen LogP contribution is 2.26. The molecule has 16 heavy (non-hydrogen) atoms. The Morgan fingerprint density at radius 1 is 0.875 bits per heavy atom. The Hall–Kier alpha value is -1.19. The molecule has 0 radical (unpaired) electrons. The monoisotopic (exact) mass is 294 g/mol. The lowest BCUT2D eigenvalue weighted by atomic mass is 10.3. The van der Waals surface area contributed by atoms with Gasteiger partial charge in [0.05, 0.1) is 11.4 Å². The Morgan fingerprint density at radius 3 is 2.25 bits per heavy atom. The minimum absolute atomic E-state index is 0.694. The molecule has 4 heteroatoms. The molecule has 0 spiro atoms. The molecule has 2 aromatic rings. The molecule has 0 aliphatic heterocycles. The zero-order chi connectivity index (χ0) is 11.4. The fourth-order valence-corrected chi connectivity index (χ4v) is 1.64. The third kappa shape index (κ3) is 2.90. The number of hydrogen-bond acceptors (Lipinski definition) is 2. The molecule has 2 nitrogen and oxygen atoms in total. The first-order valence-electron chi connectivity index (χ1n) is 4.67. The average molecular weight is 296 g/mol.